The lowest BCUT2D eigenvalue weighted by atomic mass is 9.61. The van der Waals surface area contributed by atoms with E-state index in [4.69, 9.17) is 9.73 Å². The summed E-state index contributed by atoms with van der Waals surface area (Å²) in [6.45, 7) is 19.4. The molecule has 0 aliphatic heterocycles. The van der Waals surface area contributed by atoms with Crippen LogP contribution in [0.2, 0.25) is 0 Å². The molecule has 1 saturated carbocycles. The molecule has 2 heteroatoms. The van der Waals surface area contributed by atoms with Crippen LogP contribution >= 0.6 is 0 Å². The van der Waals surface area contributed by atoms with Crippen molar-refractivity contribution in [3.05, 3.63) is 47.9 Å². The van der Waals surface area contributed by atoms with E-state index < -0.39 is 0 Å². The van der Waals surface area contributed by atoms with Crippen LogP contribution in [-0.4, -0.2) is 12.8 Å². The van der Waals surface area contributed by atoms with E-state index >= 15 is 0 Å². The number of hydrogen-bond acceptors (Lipinski definition) is 2. The quantitative estimate of drug-likeness (QED) is 0.293. The molecule has 0 aromatic heterocycles. The lowest BCUT2D eigenvalue weighted by Gasteiger charge is -2.45. The highest BCUT2D eigenvalue weighted by atomic mass is 16.5. The predicted octanol–water partition coefficient (Wildman–Crippen LogP) is 6.87. The lowest BCUT2D eigenvalue weighted by Crippen LogP contribution is -2.34. The molecule has 140 valence electrons. The standard InChI is InChI=1S/C23H37NO/c1-10-12-13-20(18(4)25-9)17(3)24-21(11-2)19-14-22(5,6)16-23(7,8)15-19/h10-13,19H,1,14-16H2,2-9H3/b13-12-,20-18-,21-11-,24-17+. The van der Waals surface area contributed by atoms with Gasteiger partial charge in [0.1, 0.15) is 5.76 Å². The van der Waals surface area contributed by atoms with Gasteiger partial charge in [-0.15, -0.1) is 0 Å². The summed E-state index contributed by atoms with van der Waals surface area (Å²) in [5.41, 5.74) is 3.93. The first-order chi connectivity index (χ1) is 11.5. The zero-order valence-electron chi connectivity index (χ0n) is 17.6. The van der Waals surface area contributed by atoms with Crippen molar-refractivity contribution in [2.75, 3.05) is 7.11 Å². The van der Waals surface area contributed by atoms with Crippen molar-refractivity contribution in [3.8, 4) is 0 Å². The molecular formula is C23H37NO. The Bertz CT molecular complexity index is 584. The Hall–Kier alpha value is -1.57. The Morgan fingerprint density at radius 1 is 1.12 bits per heavy atom. The van der Waals surface area contributed by atoms with E-state index in [-0.39, 0.29) is 0 Å². The molecule has 0 bridgehead atoms. The minimum absolute atomic E-state index is 0.355. The molecule has 0 N–H and O–H groups in total. The Morgan fingerprint density at radius 3 is 2.12 bits per heavy atom. The Labute approximate surface area is 155 Å². The summed E-state index contributed by atoms with van der Waals surface area (Å²) in [6, 6.07) is 0. The van der Waals surface area contributed by atoms with Crippen LogP contribution in [0.15, 0.2) is 52.9 Å². The average molecular weight is 344 g/mol. The second-order valence-corrected chi connectivity index (χ2v) is 8.79. The zero-order chi connectivity index (χ0) is 19.3. The Kier molecular flexibility index (Phi) is 7.46. The predicted molar refractivity (Wildman–Crippen MR) is 111 cm³/mol. The second kappa shape index (κ2) is 8.69. The van der Waals surface area contributed by atoms with Gasteiger partial charge in [0.2, 0.25) is 0 Å². The summed E-state index contributed by atoms with van der Waals surface area (Å²) in [6.07, 6.45) is 11.6. The van der Waals surface area contributed by atoms with Crippen LogP contribution in [0, 0.1) is 16.7 Å². The second-order valence-electron chi connectivity index (χ2n) is 8.79. The van der Waals surface area contributed by atoms with Gasteiger partial charge in [-0.25, -0.2) is 0 Å². The van der Waals surface area contributed by atoms with Gasteiger partial charge in [-0.05, 0) is 56.9 Å². The van der Waals surface area contributed by atoms with Gasteiger partial charge in [0.05, 0.1) is 7.11 Å². The monoisotopic (exact) mass is 343 g/mol. The summed E-state index contributed by atoms with van der Waals surface area (Å²) in [7, 11) is 1.70. The normalized spacial score (nSPS) is 22.7. The first-order valence-electron chi connectivity index (χ1n) is 9.31. The third-order valence-corrected chi connectivity index (χ3v) is 5.04. The van der Waals surface area contributed by atoms with E-state index in [0.29, 0.717) is 16.7 Å². The summed E-state index contributed by atoms with van der Waals surface area (Å²) in [5.74, 6) is 1.38. The summed E-state index contributed by atoms with van der Waals surface area (Å²) < 4.78 is 5.45. The third kappa shape index (κ3) is 6.34. The Morgan fingerprint density at radius 2 is 1.68 bits per heavy atom. The molecule has 0 aromatic carbocycles. The van der Waals surface area contributed by atoms with Gasteiger partial charge >= 0.3 is 0 Å². The number of allylic oxidation sites excluding steroid dienone is 7. The largest absolute Gasteiger partial charge is 0.501 e. The first-order valence-corrected chi connectivity index (χ1v) is 9.31. The van der Waals surface area contributed by atoms with E-state index in [1.54, 1.807) is 13.2 Å². The molecule has 0 heterocycles. The van der Waals surface area contributed by atoms with E-state index in [2.05, 4.69) is 54.2 Å². The summed E-state index contributed by atoms with van der Waals surface area (Å²) in [5, 5.41) is 0. The number of hydrogen-bond donors (Lipinski definition) is 0. The molecule has 2 nitrogen and oxygen atoms in total. The van der Waals surface area contributed by atoms with Gasteiger partial charge in [-0.2, -0.15) is 0 Å². The summed E-state index contributed by atoms with van der Waals surface area (Å²) in [4.78, 5) is 5.03. The van der Waals surface area contributed by atoms with Crippen LogP contribution in [0.1, 0.15) is 67.7 Å². The summed E-state index contributed by atoms with van der Waals surface area (Å²) >= 11 is 0. The molecule has 0 saturated heterocycles. The van der Waals surface area contributed by atoms with Gasteiger partial charge < -0.3 is 4.74 Å². The minimum atomic E-state index is 0.355. The van der Waals surface area contributed by atoms with Crippen LogP contribution < -0.4 is 0 Å². The zero-order valence-corrected chi connectivity index (χ0v) is 17.6. The maximum Gasteiger partial charge on any atom is 0.101 e. The Balaban J connectivity index is 3.20. The maximum atomic E-state index is 5.45. The number of nitrogens with zero attached hydrogens (tertiary/aromatic N) is 1. The van der Waals surface area contributed by atoms with Crippen molar-refractivity contribution in [3.63, 3.8) is 0 Å². The van der Waals surface area contributed by atoms with Gasteiger partial charge in [0.25, 0.3) is 0 Å². The van der Waals surface area contributed by atoms with Crippen LogP contribution in [0.25, 0.3) is 0 Å². The van der Waals surface area contributed by atoms with E-state index in [1.807, 2.05) is 19.1 Å². The maximum absolute atomic E-state index is 5.45. The third-order valence-electron chi connectivity index (χ3n) is 5.04. The molecule has 1 fully saturated rings. The molecule has 0 atom stereocenters. The topological polar surface area (TPSA) is 21.6 Å². The van der Waals surface area contributed by atoms with E-state index in [1.165, 1.54) is 25.0 Å². The molecule has 1 rings (SSSR count). The molecular weight excluding hydrogens is 306 g/mol. The van der Waals surface area contributed by atoms with E-state index in [0.717, 1.165) is 17.0 Å². The first kappa shape index (κ1) is 21.5. The van der Waals surface area contributed by atoms with Gasteiger partial charge in [-0.1, -0.05) is 52.5 Å². The van der Waals surface area contributed by atoms with Crippen molar-refractivity contribution < 1.29 is 4.74 Å². The highest BCUT2D eigenvalue weighted by Gasteiger charge is 2.39. The fraction of sp³-hybridized carbons (Fsp3) is 0.609. The number of methoxy groups -OCH3 is 1. The average Bonchev–Trinajstić information content (AvgIpc) is 2.49. The van der Waals surface area contributed by atoms with Crippen LogP contribution in [0.4, 0.5) is 0 Å². The minimum Gasteiger partial charge on any atom is -0.501 e. The van der Waals surface area contributed by atoms with Gasteiger partial charge in [0.15, 0.2) is 0 Å². The molecule has 1 aliphatic carbocycles. The highest BCUT2D eigenvalue weighted by Crippen LogP contribution is 2.50. The number of aliphatic imine (C=N–C) groups is 1. The van der Waals surface area contributed by atoms with Crippen molar-refractivity contribution >= 4 is 5.71 Å². The van der Waals surface area contributed by atoms with Gasteiger partial charge in [-0.3, -0.25) is 4.99 Å². The lowest BCUT2D eigenvalue weighted by molar-refractivity contribution is 0.0813. The molecule has 0 radical (unpaired) electrons. The van der Waals surface area contributed by atoms with Crippen molar-refractivity contribution in [2.45, 2.75) is 67.7 Å². The van der Waals surface area contributed by atoms with Crippen LogP contribution in [0.3, 0.4) is 0 Å². The van der Waals surface area contributed by atoms with E-state index in [9.17, 15) is 0 Å². The molecule has 0 unspecified atom stereocenters. The number of rotatable bonds is 6. The fourth-order valence-corrected chi connectivity index (χ4v) is 4.47. The molecule has 0 spiro atoms. The SMILES string of the molecule is C=C\C=C/C(=C(\C)OC)C(/C)=N/C(=C\C)C1CC(C)(C)CC(C)(C)C1. The molecule has 1 aliphatic rings. The fourth-order valence-electron chi connectivity index (χ4n) is 4.47. The molecule has 25 heavy (non-hydrogen) atoms. The van der Waals surface area contributed by atoms with Crippen LogP contribution in [-0.2, 0) is 4.74 Å². The van der Waals surface area contributed by atoms with Crippen molar-refractivity contribution in [1.82, 2.24) is 0 Å². The van der Waals surface area contributed by atoms with Crippen molar-refractivity contribution in [1.29, 1.82) is 0 Å². The van der Waals surface area contributed by atoms with Crippen molar-refractivity contribution in [2.24, 2.45) is 21.7 Å². The molecule has 0 aromatic rings. The highest BCUT2D eigenvalue weighted by molar-refractivity contribution is 6.01. The van der Waals surface area contributed by atoms with Gasteiger partial charge in [0, 0.05) is 22.9 Å². The van der Waals surface area contributed by atoms with Crippen LogP contribution in [0.5, 0.6) is 0 Å². The number of ether oxygens (including phenoxy) is 1. The molecule has 0 amide bonds. The smallest absolute Gasteiger partial charge is 0.101 e.